The van der Waals surface area contributed by atoms with E-state index in [-0.39, 0.29) is 4.32 Å². The number of aliphatic carboxylic acids is 1. The molecule has 0 spiro atoms. The molecule has 1 aliphatic heterocycles. The van der Waals surface area contributed by atoms with Gasteiger partial charge in [0.2, 0.25) is 0 Å². The maximum atomic E-state index is 12.2. The van der Waals surface area contributed by atoms with Gasteiger partial charge in [-0.1, -0.05) is 47.7 Å². The quantitative estimate of drug-likeness (QED) is 0.625. The van der Waals surface area contributed by atoms with Crippen LogP contribution in [0.15, 0.2) is 29.2 Å². The van der Waals surface area contributed by atoms with Crippen molar-refractivity contribution in [1.82, 2.24) is 4.90 Å². The molecule has 1 aromatic rings. The van der Waals surface area contributed by atoms with E-state index in [1.807, 2.05) is 0 Å². The summed E-state index contributed by atoms with van der Waals surface area (Å²) >= 11 is 11.9. The van der Waals surface area contributed by atoms with Gasteiger partial charge in [-0.2, -0.15) is 0 Å². The van der Waals surface area contributed by atoms with Crippen molar-refractivity contribution in [2.45, 2.75) is 13.0 Å². The number of thioether (sulfide) groups is 1. The van der Waals surface area contributed by atoms with Crippen molar-refractivity contribution in [3.63, 3.8) is 0 Å². The highest BCUT2D eigenvalue weighted by molar-refractivity contribution is 8.26. The number of carbonyl (C=O) groups excluding carboxylic acids is 2. The molecule has 2 rings (SSSR count). The van der Waals surface area contributed by atoms with Gasteiger partial charge in [0.25, 0.3) is 5.91 Å². The molecular formula is C13H9ClNO3S2-. The average molecular weight is 327 g/mol. The maximum absolute atomic E-state index is 12.2. The van der Waals surface area contributed by atoms with Gasteiger partial charge in [-0.15, -0.1) is 0 Å². The van der Waals surface area contributed by atoms with Crippen molar-refractivity contribution >= 4 is 57.9 Å². The molecule has 7 heteroatoms. The Kier molecular flexibility index (Phi) is 4.47. The molecule has 1 saturated heterocycles. The van der Waals surface area contributed by atoms with Crippen LogP contribution in [-0.2, 0) is 9.59 Å². The van der Waals surface area contributed by atoms with Crippen LogP contribution in [0.25, 0.3) is 6.08 Å². The molecule has 1 aromatic carbocycles. The number of carboxylic acids is 1. The lowest BCUT2D eigenvalue weighted by Gasteiger charge is -2.23. The topological polar surface area (TPSA) is 60.4 Å². The predicted molar refractivity (Wildman–Crippen MR) is 80.9 cm³/mol. The zero-order valence-electron chi connectivity index (χ0n) is 10.3. The third kappa shape index (κ3) is 3.03. The highest BCUT2D eigenvalue weighted by Gasteiger charge is 2.35. The van der Waals surface area contributed by atoms with Crippen LogP contribution in [0, 0.1) is 0 Å². The van der Waals surface area contributed by atoms with Crippen molar-refractivity contribution < 1.29 is 14.7 Å². The second-order valence-corrected chi connectivity index (χ2v) is 6.21. The lowest BCUT2D eigenvalue weighted by Crippen LogP contribution is -2.48. The molecule has 0 unspecified atom stereocenters. The monoisotopic (exact) mass is 326 g/mol. The molecule has 1 amide bonds. The summed E-state index contributed by atoms with van der Waals surface area (Å²) in [6, 6.07) is 5.85. The molecule has 0 aliphatic carbocycles. The van der Waals surface area contributed by atoms with Gasteiger partial charge in [0, 0.05) is 5.02 Å². The van der Waals surface area contributed by atoms with Crippen molar-refractivity contribution in [2.24, 2.45) is 0 Å². The summed E-state index contributed by atoms with van der Waals surface area (Å²) < 4.78 is 0.215. The number of thiocarbonyl (C=S) groups is 1. The van der Waals surface area contributed by atoms with Gasteiger partial charge in [-0.3, -0.25) is 9.69 Å². The second-order valence-electron chi connectivity index (χ2n) is 4.10. The number of carboxylic acid groups (broad SMARTS) is 1. The minimum absolute atomic E-state index is 0.215. The normalized spacial score (nSPS) is 18.7. The molecule has 0 saturated carbocycles. The smallest absolute Gasteiger partial charge is 0.266 e. The highest BCUT2D eigenvalue weighted by atomic mass is 35.5. The zero-order valence-corrected chi connectivity index (χ0v) is 12.7. The van der Waals surface area contributed by atoms with E-state index in [4.69, 9.17) is 23.8 Å². The van der Waals surface area contributed by atoms with E-state index < -0.39 is 17.9 Å². The molecule has 1 fully saturated rings. The minimum atomic E-state index is -1.34. The molecule has 1 heterocycles. The lowest BCUT2D eigenvalue weighted by molar-refractivity contribution is -0.309. The molecule has 0 bridgehead atoms. The van der Waals surface area contributed by atoms with Crippen LogP contribution >= 0.6 is 35.6 Å². The first-order valence-corrected chi connectivity index (χ1v) is 7.24. The first-order valence-electron chi connectivity index (χ1n) is 5.63. The van der Waals surface area contributed by atoms with E-state index >= 15 is 0 Å². The Labute approximate surface area is 130 Å². The van der Waals surface area contributed by atoms with Gasteiger partial charge in [0.1, 0.15) is 4.32 Å². The number of amides is 1. The summed E-state index contributed by atoms with van der Waals surface area (Å²) in [5.41, 5.74) is 0.788. The van der Waals surface area contributed by atoms with Crippen molar-refractivity contribution in [2.75, 3.05) is 0 Å². The van der Waals surface area contributed by atoms with Gasteiger partial charge >= 0.3 is 0 Å². The minimum Gasteiger partial charge on any atom is -0.548 e. The first kappa shape index (κ1) is 15.0. The third-order valence-corrected chi connectivity index (χ3v) is 4.30. The Hall–Kier alpha value is -1.37. The van der Waals surface area contributed by atoms with Crippen LogP contribution in [0.1, 0.15) is 12.5 Å². The van der Waals surface area contributed by atoms with Crippen molar-refractivity contribution in [1.29, 1.82) is 0 Å². The van der Waals surface area contributed by atoms with E-state index in [1.165, 1.54) is 6.92 Å². The molecule has 0 aromatic heterocycles. The van der Waals surface area contributed by atoms with Crippen LogP contribution in [0.3, 0.4) is 0 Å². The van der Waals surface area contributed by atoms with Crippen LogP contribution < -0.4 is 5.11 Å². The van der Waals surface area contributed by atoms with Crippen LogP contribution in [0.5, 0.6) is 0 Å². The maximum Gasteiger partial charge on any atom is 0.266 e. The fourth-order valence-corrected chi connectivity index (χ4v) is 3.17. The van der Waals surface area contributed by atoms with Crippen LogP contribution in [0.2, 0.25) is 5.02 Å². The van der Waals surface area contributed by atoms with E-state index in [9.17, 15) is 14.7 Å². The number of nitrogens with zero attached hydrogens (tertiary/aromatic N) is 1. The van der Waals surface area contributed by atoms with E-state index in [0.29, 0.717) is 9.93 Å². The Morgan fingerprint density at radius 1 is 1.45 bits per heavy atom. The standard InChI is InChI=1S/C13H10ClNO3S2/c1-7(12(17)18)15-11(16)10(20-13(15)19)6-8-2-4-9(14)5-3-8/h2-7H,1H3,(H,17,18)/p-1/t7-/m1/s1. The Morgan fingerprint density at radius 2 is 2.05 bits per heavy atom. The molecule has 0 radical (unpaired) electrons. The van der Waals surface area contributed by atoms with Crippen molar-refractivity contribution in [3.05, 3.63) is 39.8 Å². The molecule has 1 aliphatic rings. The largest absolute Gasteiger partial charge is 0.548 e. The zero-order chi connectivity index (χ0) is 14.9. The summed E-state index contributed by atoms with van der Waals surface area (Å²) in [6.07, 6.45) is 1.65. The molecule has 20 heavy (non-hydrogen) atoms. The number of hydrogen-bond donors (Lipinski definition) is 0. The van der Waals surface area contributed by atoms with E-state index in [1.54, 1.807) is 30.3 Å². The van der Waals surface area contributed by atoms with E-state index in [0.717, 1.165) is 22.2 Å². The van der Waals surface area contributed by atoms with Gasteiger partial charge in [0.05, 0.1) is 16.9 Å². The third-order valence-electron chi connectivity index (χ3n) is 2.72. The van der Waals surface area contributed by atoms with Gasteiger partial charge in [-0.05, 0) is 30.7 Å². The molecule has 0 N–H and O–H groups in total. The summed E-state index contributed by atoms with van der Waals surface area (Å²) in [6.45, 7) is 1.37. The fraction of sp³-hybridized carbons (Fsp3) is 0.154. The van der Waals surface area contributed by atoms with Crippen LogP contribution in [0.4, 0.5) is 0 Å². The molecule has 104 valence electrons. The summed E-state index contributed by atoms with van der Waals surface area (Å²) in [7, 11) is 0. The SMILES string of the molecule is C[C@H](C(=O)[O-])N1C(=O)C(=Cc2ccc(Cl)cc2)SC1=S. The van der Waals surface area contributed by atoms with Gasteiger partial charge in [-0.25, -0.2) is 0 Å². The number of benzene rings is 1. The highest BCUT2D eigenvalue weighted by Crippen LogP contribution is 2.33. The summed E-state index contributed by atoms with van der Waals surface area (Å²) in [5.74, 6) is -1.76. The second kappa shape index (κ2) is 5.95. The molecule has 4 nitrogen and oxygen atoms in total. The summed E-state index contributed by atoms with van der Waals surface area (Å²) in [4.78, 5) is 24.5. The molecular weight excluding hydrogens is 318 g/mol. The predicted octanol–water partition coefficient (Wildman–Crippen LogP) is 1.68. The lowest BCUT2D eigenvalue weighted by atomic mass is 10.2. The number of rotatable bonds is 3. The number of carbonyl (C=O) groups is 2. The molecule has 1 atom stereocenters. The average Bonchev–Trinajstić information content (AvgIpc) is 2.66. The Morgan fingerprint density at radius 3 is 2.60 bits per heavy atom. The Balaban J connectivity index is 2.28. The van der Waals surface area contributed by atoms with Crippen molar-refractivity contribution in [3.8, 4) is 0 Å². The first-order chi connectivity index (χ1) is 9.40. The van der Waals surface area contributed by atoms with Gasteiger partial charge in [0.15, 0.2) is 0 Å². The number of halogens is 1. The van der Waals surface area contributed by atoms with Crippen LogP contribution in [-0.4, -0.2) is 27.1 Å². The fourth-order valence-electron chi connectivity index (χ4n) is 1.63. The summed E-state index contributed by atoms with van der Waals surface area (Å²) in [5, 5.41) is 11.5. The van der Waals surface area contributed by atoms with E-state index in [2.05, 4.69) is 0 Å². The van der Waals surface area contributed by atoms with Gasteiger partial charge < -0.3 is 9.90 Å². The number of hydrogen-bond acceptors (Lipinski definition) is 5. The Bertz CT molecular complexity index is 613.